The Bertz CT molecular complexity index is 975. The van der Waals surface area contributed by atoms with E-state index < -0.39 is 70.5 Å². The minimum absolute atomic E-state index is 0.288. The van der Waals surface area contributed by atoms with Gasteiger partial charge >= 0.3 is 23.6 Å². The highest BCUT2D eigenvalue weighted by atomic mass is 32.2. The van der Waals surface area contributed by atoms with Gasteiger partial charge in [0.15, 0.2) is 17.2 Å². The van der Waals surface area contributed by atoms with Crippen LogP contribution >= 0.6 is 11.8 Å². The van der Waals surface area contributed by atoms with Gasteiger partial charge in [-0.05, 0) is 17.8 Å². The number of ether oxygens (including phenoxy) is 4. The Morgan fingerprint density at radius 3 is 2.32 bits per heavy atom. The number of aliphatic hydroxyl groups is 1. The number of thioether (sulfide) groups is 1. The van der Waals surface area contributed by atoms with Gasteiger partial charge in [-0.25, -0.2) is 4.98 Å². The second-order valence-corrected chi connectivity index (χ2v) is 8.28. The predicted octanol–water partition coefficient (Wildman–Crippen LogP) is 0.0580. The Hall–Kier alpha value is -3.30. The highest BCUT2D eigenvalue weighted by Gasteiger charge is 2.59. The molecule has 34 heavy (non-hydrogen) atoms. The van der Waals surface area contributed by atoms with Gasteiger partial charge in [-0.15, -0.1) is 0 Å². The first-order valence-electron chi connectivity index (χ1n) is 9.77. The summed E-state index contributed by atoms with van der Waals surface area (Å²) in [6.07, 6.45) is -3.14. The molecule has 1 fully saturated rings. The van der Waals surface area contributed by atoms with E-state index in [4.69, 9.17) is 18.9 Å². The first-order valence-corrected chi connectivity index (χ1v) is 10.6. The van der Waals surface area contributed by atoms with Gasteiger partial charge in [0.2, 0.25) is 11.0 Å². The fraction of sp³-hybridized carbons (Fsp3) is 0.526. The molecule has 15 heteroatoms. The summed E-state index contributed by atoms with van der Waals surface area (Å²) in [5.41, 5.74) is -0.478. The van der Waals surface area contributed by atoms with Crippen LogP contribution in [0.4, 0.5) is 5.69 Å². The number of carbonyl (C=O) groups excluding carboxylic acids is 4. The Morgan fingerprint density at radius 2 is 1.79 bits per heavy atom. The van der Waals surface area contributed by atoms with Crippen LogP contribution in [-0.2, 0) is 38.1 Å². The second kappa shape index (κ2) is 11.2. The number of nitro groups is 1. The van der Waals surface area contributed by atoms with Crippen LogP contribution in [0.25, 0.3) is 0 Å². The number of pyridine rings is 1. The third-order valence-electron chi connectivity index (χ3n) is 4.34. The second-order valence-electron chi connectivity index (χ2n) is 7.10. The van der Waals surface area contributed by atoms with Crippen LogP contribution in [0, 0.1) is 10.1 Å². The number of hydrogen-bond acceptors (Lipinski definition) is 13. The number of aromatic nitrogens is 1. The molecule has 186 valence electrons. The third kappa shape index (κ3) is 6.85. The molecule has 0 aliphatic carbocycles. The number of nitrogens with one attached hydrogen (secondary N) is 1. The molecular formula is C19H23N3O11S. The maximum atomic E-state index is 12.0. The van der Waals surface area contributed by atoms with Gasteiger partial charge in [-0.3, -0.25) is 29.3 Å². The van der Waals surface area contributed by atoms with E-state index in [1.807, 2.05) is 0 Å². The molecule has 0 aromatic carbocycles. The molecule has 1 aromatic heterocycles. The topological polar surface area (TPSA) is 193 Å². The molecule has 1 amide bonds. The summed E-state index contributed by atoms with van der Waals surface area (Å²) in [6, 6.07) is 0.843. The first-order chi connectivity index (χ1) is 15.8. The van der Waals surface area contributed by atoms with E-state index in [2.05, 4.69) is 10.3 Å². The quantitative estimate of drug-likeness (QED) is 0.160. The van der Waals surface area contributed by atoms with Crippen molar-refractivity contribution >= 4 is 41.3 Å². The molecule has 5 atom stereocenters. The smallest absolute Gasteiger partial charge is 0.303 e. The van der Waals surface area contributed by atoms with E-state index in [0.717, 1.165) is 33.8 Å². The maximum absolute atomic E-state index is 12.0. The fourth-order valence-electron chi connectivity index (χ4n) is 3.17. The Balaban J connectivity index is 2.61. The summed E-state index contributed by atoms with van der Waals surface area (Å²) in [5, 5.41) is 22.5. The minimum Gasteiger partial charge on any atom is -0.463 e. The lowest BCUT2D eigenvalue weighted by atomic mass is 9.95. The molecule has 0 saturated carbocycles. The van der Waals surface area contributed by atoms with Gasteiger partial charge in [0, 0.05) is 40.0 Å². The van der Waals surface area contributed by atoms with Gasteiger partial charge in [0.1, 0.15) is 18.8 Å². The van der Waals surface area contributed by atoms with Crippen LogP contribution in [0.5, 0.6) is 0 Å². The van der Waals surface area contributed by atoms with Crippen LogP contribution in [0.15, 0.2) is 23.4 Å². The first kappa shape index (κ1) is 26.9. The van der Waals surface area contributed by atoms with Crippen molar-refractivity contribution in [1.29, 1.82) is 0 Å². The molecule has 0 radical (unpaired) electrons. The van der Waals surface area contributed by atoms with Crippen LogP contribution in [0.1, 0.15) is 27.7 Å². The number of rotatable bonds is 8. The molecule has 0 spiro atoms. The van der Waals surface area contributed by atoms with E-state index in [-0.39, 0.29) is 5.03 Å². The summed E-state index contributed by atoms with van der Waals surface area (Å²) in [5.74, 6) is -3.10. The SMILES string of the molecule is CC(=O)N[C@@H]1[C@@H](OC(C)=O)[C@H](OC(C)=O)[C@@H](COC(C)=O)O[C@]1(O)Sc1ncccc1[N+](=O)[O-]. The molecule has 0 unspecified atom stereocenters. The number of nitrogens with zero attached hydrogens (tertiary/aromatic N) is 2. The monoisotopic (exact) mass is 501 g/mol. The third-order valence-corrected chi connectivity index (χ3v) is 5.49. The van der Waals surface area contributed by atoms with Crippen LogP contribution in [0.3, 0.4) is 0 Å². The number of amides is 1. The van der Waals surface area contributed by atoms with Gasteiger partial charge in [0.25, 0.3) is 0 Å². The van der Waals surface area contributed by atoms with E-state index in [0.29, 0.717) is 11.8 Å². The molecule has 2 N–H and O–H groups in total. The molecule has 2 rings (SSSR count). The molecule has 2 heterocycles. The van der Waals surface area contributed by atoms with Crippen LogP contribution in [-0.4, -0.2) is 74.9 Å². The van der Waals surface area contributed by atoms with Crippen molar-refractivity contribution in [2.24, 2.45) is 0 Å². The van der Waals surface area contributed by atoms with E-state index >= 15 is 0 Å². The number of esters is 3. The molecule has 14 nitrogen and oxygen atoms in total. The Labute approximate surface area is 197 Å². The summed E-state index contributed by atoms with van der Waals surface area (Å²) >= 11 is 0.355. The van der Waals surface area contributed by atoms with Crippen molar-refractivity contribution in [2.45, 2.75) is 62.2 Å². The average molecular weight is 501 g/mol. The molecule has 1 aliphatic heterocycles. The van der Waals surface area contributed by atoms with Gasteiger partial charge in [-0.2, -0.15) is 0 Å². The van der Waals surface area contributed by atoms with Gasteiger partial charge in [0.05, 0.1) is 4.92 Å². The lowest BCUT2D eigenvalue weighted by molar-refractivity contribution is -0.388. The molecular weight excluding hydrogens is 478 g/mol. The highest BCUT2D eigenvalue weighted by molar-refractivity contribution is 8.00. The lowest BCUT2D eigenvalue weighted by Crippen LogP contribution is -2.70. The highest BCUT2D eigenvalue weighted by Crippen LogP contribution is 2.44. The zero-order valence-electron chi connectivity index (χ0n) is 18.6. The van der Waals surface area contributed by atoms with Crippen molar-refractivity contribution in [3.05, 3.63) is 28.4 Å². The number of hydrogen-bond donors (Lipinski definition) is 2. The zero-order valence-corrected chi connectivity index (χ0v) is 19.4. The fourth-order valence-corrected chi connectivity index (χ4v) is 4.30. The molecule has 0 bridgehead atoms. The zero-order chi connectivity index (χ0) is 25.6. The van der Waals surface area contributed by atoms with Crippen molar-refractivity contribution in [3.8, 4) is 0 Å². The Morgan fingerprint density at radius 1 is 1.18 bits per heavy atom. The van der Waals surface area contributed by atoms with Crippen LogP contribution in [0.2, 0.25) is 0 Å². The van der Waals surface area contributed by atoms with Crippen molar-refractivity contribution in [2.75, 3.05) is 6.61 Å². The van der Waals surface area contributed by atoms with Gasteiger partial charge < -0.3 is 29.4 Å². The summed E-state index contributed by atoms with van der Waals surface area (Å²) in [7, 11) is 0. The van der Waals surface area contributed by atoms with E-state index in [1.165, 1.54) is 12.3 Å². The average Bonchev–Trinajstić information content (AvgIpc) is 2.71. The van der Waals surface area contributed by atoms with Crippen molar-refractivity contribution in [3.63, 3.8) is 0 Å². The van der Waals surface area contributed by atoms with E-state index in [1.54, 1.807) is 0 Å². The minimum atomic E-state index is -2.55. The summed E-state index contributed by atoms with van der Waals surface area (Å²) in [6.45, 7) is 3.76. The lowest BCUT2D eigenvalue weighted by Gasteiger charge is -2.48. The molecule has 1 saturated heterocycles. The van der Waals surface area contributed by atoms with Crippen molar-refractivity contribution in [1.82, 2.24) is 10.3 Å². The van der Waals surface area contributed by atoms with E-state index in [9.17, 15) is 34.4 Å². The Kier molecular flexibility index (Phi) is 8.89. The maximum Gasteiger partial charge on any atom is 0.303 e. The van der Waals surface area contributed by atoms with Crippen LogP contribution < -0.4 is 5.32 Å². The number of carbonyl (C=O) groups is 4. The normalized spacial score (nSPS) is 26.1. The van der Waals surface area contributed by atoms with Gasteiger partial charge in [-0.1, -0.05) is 0 Å². The molecule has 1 aromatic rings. The summed E-state index contributed by atoms with van der Waals surface area (Å²) < 4.78 is 21.2. The van der Waals surface area contributed by atoms with Crippen molar-refractivity contribution < 1.29 is 48.2 Å². The predicted molar refractivity (Wildman–Crippen MR) is 112 cm³/mol. The molecule has 1 aliphatic rings. The summed E-state index contributed by atoms with van der Waals surface area (Å²) in [4.78, 5) is 61.5. The standard InChI is InChI=1S/C19H23N3O11S/c1-9(23)21-17-16(32-12(4)26)15(31-11(3)25)14(8-30-10(2)24)33-19(17,27)34-18-13(22(28)29)6-5-7-20-18/h5-7,14-17,27H,8H2,1-4H3,(H,21,23)/t14-,15-,16+,17-,19+/m1/s1. The largest absolute Gasteiger partial charge is 0.463 e.